The highest BCUT2D eigenvalue weighted by molar-refractivity contribution is 8.03. The van der Waals surface area contributed by atoms with Crippen molar-refractivity contribution >= 4 is 29.2 Å². The average molecular weight is 251 g/mol. The molecule has 0 amide bonds. The first kappa shape index (κ1) is 10.6. The Bertz CT molecular complexity index is 530. The van der Waals surface area contributed by atoms with E-state index in [1.54, 1.807) is 18.2 Å². The molecule has 3 rings (SSSR count). The summed E-state index contributed by atoms with van der Waals surface area (Å²) in [5, 5.41) is 8.81. The van der Waals surface area contributed by atoms with Gasteiger partial charge in [-0.15, -0.1) is 0 Å². The molecular weight excluding hydrogens is 242 g/mol. The number of carbonyl (C=O) groups excluding carboxylic acids is 2. The second-order valence-electron chi connectivity index (χ2n) is 3.97. The zero-order chi connectivity index (χ0) is 12.0. The molecular formula is C11H9NO4S. The molecule has 6 heteroatoms. The summed E-state index contributed by atoms with van der Waals surface area (Å²) in [4.78, 5) is 24.6. The van der Waals surface area contributed by atoms with Crippen LogP contribution < -0.4 is 5.48 Å². The fourth-order valence-corrected chi connectivity index (χ4v) is 3.48. The van der Waals surface area contributed by atoms with Gasteiger partial charge in [0.15, 0.2) is 10.5 Å². The van der Waals surface area contributed by atoms with Crippen molar-refractivity contribution < 1.29 is 19.5 Å². The Morgan fingerprint density at radius 1 is 1.41 bits per heavy atom. The van der Waals surface area contributed by atoms with Gasteiger partial charge in [-0.25, -0.2) is 0 Å². The molecule has 88 valence electrons. The second kappa shape index (κ2) is 3.48. The Hall–Kier alpha value is -1.53. The van der Waals surface area contributed by atoms with Gasteiger partial charge in [-0.3, -0.25) is 20.3 Å². The summed E-state index contributed by atoms with van der Waals surface area (Å²) in [7, 11) is 0. The maximum atomic E-state index is 12.2. The van der Waals surface area contributed by atoms with E-state index in [4.69, 9.17) is 9.94 Å². The molecule has 1 atom stereocenters. The van der Waals surface area contributed by atoms with Gasteiger partial charge in [0.1, 0.15) is 0 Å². The number of nitrogens with one attached hydrogen (secondary N) is 1. The zero-order valence-corrected chi connectivity index (χ0v) is 9.54. The van der Waals surface area contributed by atoms with Crippen molar-refractivity contribution in [1.29, 1.82) is 0 Å². The van der Waals surface area contributed by atoms with Gasteiger partial charge in [-0.1, -0.05) is 11.8 Å². The predicted molar refractivity (Wildman–Crippen MR) is 60.3 cm³/mol. The molecule has 1 aromatic carbocycles. The lowest BCUT2D eigenvalue weighted by atomic mass is 9.96. The normalized spacial score (nSPS) is 26.2. The average Bonchev–Trinajstić information content (AvgIpc) is 2.83. The van der Waals surface area contributed by atoms with Gasteiger partial charge in [0.05, 0.1) is 12.3 Å². The number of hydrogen-bond donors (Lipinski definition) is 2. The molecule has 1 saturated heterocycles. The molecule has 1 aromatic rings. The van der Waals surface area contributed by atoms with Crippen LogP contribution in [-0.4, -0.2) is 28.3 Å². The molecule has 0 saturated carbocycles. The molecule has 0 aliphatic carbocycles. The van der Waals surface area contributed by atoms with Crippen LogP contribution in [-0.2, 0) is 9.53 Å². The third kappa shape index (κ3) is 1.31. The number of hydrogen-bond acceptors (Lipinski definition) is 6. The van der Waals surface area contributed by atoms with E-state index in [1.165, 1.54) is 11.8 Å². The third-order valence-corrected chi connectivity index (χ3v) is 4.49. The van der Waals surface area contributed by atoms with Crippen LogP contribution in [0.1, 0.15) is 16.8 Å². The molecule has 1 unspecified atom stereocenters. The molecule has 2 N–H and O–H groups in total. The van der Waals surface area contributed by atoms with Crippen LogP contribution in [0, 0.1) is 0 Å². The minimum atomic E-state index is -1.09. The molecule has 1 fully saturated rings. The van der Waals surface area contributed by atoms with Crippen LogP contribution in [0.15, 0.2) is 23.1 Å². The van der Waals surface area contributed by atoms with Crippen molar-refractivity contribution in [2.75, 3.05) is 12.1 Å². The molecule has 0 aromatic heterocycles. The number of Topliss-reactive ketones (excluding diaryl/α,β-unsaturated/α-hetero) is 1. The highest BCUT2D eigenvalue weighted by Gasteiger charge is 2.56. The lowest BCUT2D eigenvalue weighted by Gasteiger charge is -2.13. The summed E-state index contributed by atoms with van der Waals surface area (Å²) in [5.41, 5.74) is 3.04. The van der Waals surface area contributed by atoms with Gasteiger partial charge >= 0.3 is 5.97 Å². The predicted octanol–water partition coefficient (Wildman–Crippen LogP) is 1.46. The van der Waals surface area contributed by atoms with E-state index in [2.05, 4.69) is 0 Å². The number of thioether (sulfide) groups is 1. The lowest BCUT2D eigenvalue weighted by molar-refractivity contribution is -0.138. The number of carbonyl (C=O) groups is 2. The monoisotopic (exact) mass is 251 g/mol. The number of benzene rings is 1. The summed E-state index contributed by atoms with van der Waals surface area (Å²) < 4.78 is 3.82. The largest absolute Gasteiger partial charge is 0.464 e. The topological polar surface area (TPSA) is 75.6 Å². The van der Waals surface area contributed by atoms with E-state index in [0.29, 0.717) is 22.6 Å². The van der Waals surface area contributed by atoms with Crippen LogP contribution >= 0.6 is 11.8 Å². The van der Waals surface area contributed by atoms with E-state index in [0.717, 1.165) is 0 Å². The van der Waals surface area contributed by atoms with Crippen LogP contribution in [0.3, 0.4) is 0 Å². The van der Waals surface area contributed by atoms with Gasteiger partial charge in [0.25, 0.3) is 0 Å². The minimum absolute atomic E-state index is 0.190. The Morgan fingerprint density at radius 3 is 2.88 bits per heavy atom. The minimum Gasteiger partial charge on any atom is -0.464 e. The molecule has 2 heterocycles. The number of fused-ring (bicyclic) bond motifs is 1. The van der Waals surface area contributed by atoms with Crippen molar-refractivity contribution in [3.05, 3.63) is 23.8 Å². The second-order valence-corrected chi connectivity index (χ2v) is 5.31. The molecule has 17 heavy (non-hydrogen) atoms. The maximum Gasteiger partial charge on any atom is 0.330 e. The van der Waals surface area contributed by atoms with E-state index >= 15 is 0 Å². The Morgan fingerprint density at radius 2 is 2.24 bits per heavy atom. The Labute approximate surface area is 101 Å². The van der Waals surface area contributed by atoms with Crippen molar-refractivity contribution in [3.8, 4) is 0 Å². The summed E-state index contributed by atoms with van der Waals surface area (Å²) in [6.07, 6.45) is 0.409. The SMILES string of the molecule is O=C1OCCC12Sc1cc(NO)ccc1C2=O. The standard InChI is InChI=1S/C11H9NO4S/c13-9-7-2-1-6(12-15)5-8(7)17-11(9)3-4-16-10(11)14/h1-2,5,12,15H,3-4H2. The van der Waals surface area contributed by atoms with Crippen molar-refractivity contribution in [2.45, 2.75) is 16.1 Å². The number of anilines is 1. The van der Waals surface area contributed by atoms with E-state index in [9.17, 15) is 9.59 Å². The van der Waals surface area contributed by atoms with Crippen LogP contribution in [0.4, 0.5) is 5.69 Å². The number of rotatable bonds is 1. The fraction of sp³-hybridized carbons (Fsp3) is 0.273. The van der Waals surface area contributed by atoms with Crippen LogP contribution in [0.2, 0.25) is 0 Å². The summed E-state index contributed by atoms with van der Waals surface area (Å²) >= 11 is 1.22. The molecule has 5 nitrogen and oxygen atoms in total. The quantitative estimate of drug-likeness (QED) is 0.447. The van der Waals surface area contributed by atoms with Gasteiger partial charge < -0.3 is 4.74 Å². The summed E-state index contributed by atoms with van der Waals surface area (Å²) in [6, 6.07) is 4.86. The molecule has 2 aliphatic rings. The number of cyclic esters (lactones) is 1. The summed E-state index contributed by atoms with van der Waals surface area (Å²) in [6.45, 7) is 0.288. The zero-order valence-electron chi connectivity index (χ0n) is 8.73. The van der Waals surface area contributed by atoms with Gasteiger partial charge in [0, 0.05) is 16.9 Å². The Balaban J connectivity index is 2.08. The molecule has 1 spiro atoms. The van der Waals surface area contributed by atoms with Crippen molar-refractivity contribution in [3.63, 3.8) is 0 Å². The molecule has 0 radical (unpaired) electrons. The molecule has 2 aliphatic heterocycles. The van der Waals surface area contributed by atoms with E-state index < -0.39 is 10.7 Å². The van der Waals surface area contributed by atoms with Crippen LogP contribution in [0.5, 0.6) is 0 Å². The Kier molecular flexibility index (Phi) is 2.17. The highest BCUT2D eigenvalue weighted by atomic mass is 32.2. The number of ether oxygens (including phenoxy) is 1. The third-order valence-electron chi connectivity index (χ3n) is 3.02. The maximum absolute atomic E-state index is 12.2. The van der Waals surface area contributed by atoms with Gasteiger partial charge in [-0.2, -0.15) is 0 Å². The van der Waals surface area contributed by atoms with Crippen molar-refractivity contribution in [1.82, 2.24) is 0 Å². The lowest BCUT2D eigenvalue weighted by Crippen LogP contribution is -2.36. The summed E-state index contributed by atoms with van der Waals surface area (Å²) in [5.74, 6) is -0.647. The van der Waals surface area contributed by atoms with E-state index in [-0.39, 0.29) is 12.4 Å². The number of ketones is 1. The highest BCUT2D eigenvalue weighted by Crippen LogP contribution is 2.50. The van der Waals surface area contributed by atoms with Gasteiger partial charge in [0.2, 0.25) is 0 Å². The first-order chi connectivity index (χ1) is 8.17. The smallest absolute Gasteiger partial charge is 0.330 e. The molecule has 0 bridgehead atoms. The fourth-order valence-electron chi connectivity index (χ4n) is 2.12. The number of esters is 1. The van der Waals surface area contributed by atoms with E-state index in [1.807, 2.05) is 5.48 Å². The van der Waals surface area contributed by atoms with Gasteiger partial charge in [-0.05, 0) is 18.2 Å². The first-order valence-electron chi connectivity index (χ1n) is 5.12. The first-order valence-corrected chi connectivity index (χ1v) is 5.94. The van der Waals surface area contributed by atoms with Crippen molar-refractivity contribution in [2.24, 2.45) is 0 Å². The van der Waals surface area contributed by atoms with Crippen LogP contribution in [0.25, 0.3) is 0 Å².